The molecule has 0 aromatic heterocycles. The van der Waals surface area contributed by atoms with Crippen LogP contribution in [0.2, 0.25) is 0 Å². The molecule has 1 amide bonds. The Morgan fingerprint density at radius 2 is 1.71 bits per heavy atom. The topological polar surface area (TPSA) is 54.5 Å². The van der Waals surface area contributed by atoms with Crippen LogP contribution in [0.5, 0.6) is 0 Å². The number of piperidine rings is 1. The number of amides is 1. The molecule has 1 aliphatic heterocycles. The van der Waals surface area contributed by atoms with E-state index in [0.717, 1.165) is 12.1 Å². The molecule has 0 radical (unpaired) electrons. The molecule has 2 aromatic carbocycles. The SMILES string of the molecule is CC1CCC(S(=O)(=O)c2ccccc2)CN1C(=O)c1cccc(C(F)(F)F)c1. The van der Waals surface area contributed by atoms with E-state index < -0.39 is 32.7 Å². The molecule has 1 saturated heterocycles. The van der Waals surface area contributed by atoms with Gasteiger partial charge in [-0.25, -0.2) is 8.42 Å². The highest BCUT2D eigenvalue weighted by atomic mass is 32.2. The van der Waals surface area contributed by atoms with E-state index in [9.17, 15) is 26.4 Å². The van der Waals surface area contributed by atoms with Crippen molar-refractivity contribution in [1.82, 2.24) is 4.90 Å². The van der Waals surface area contributed by atoms with Gasteiger partial charge in [0, 0.05) is 18.2 Å². The fourth-order valence-corrected chi connectivity index (χ4v) is 5.13. The largest absolute Gasteiger partial charge is 0.416 e. The van der Waals surface area contributed by atoms with E-state index in [1.165, 1.54) is 29.2 Å². The summed E-state index contributed by atoms with van der Waals surface area (Å²) in [6, 6.07) is 11.9. The first-order valence-corrected chi connectivity index (χ1v) is 10.4. The second kappa shape index (κ2) is 7.58. The molecule has 2 unspecified atom stereocenters. The highest BCUT2D eigenvalue weighted by Gasteiger charge is 2.38. The number of nitrogens with zero attached hydrogens (tertiary/aromatic N) is 1. The molecule has 3 rings (SSSR count). The van der Waals surface area contributed by atoms with Gasteiger partial charge in [0.25, 0.3) is 5.91 Å². The first kappa shape index (κ1) is 20.4. The molecule has 2 aromatic rings. The van der Waals surface area contributed by atoms with Gasteiger partial charge in [-0.3, -0.25) is 4.79 Å². The smallest absolute Gasteiger partial charge is 0.335 e. The average Bonchev–Trinajstić information content (AvgIpc) is 2.68. The molecule has 0 spiro atoms. The van der Waals surface area contributed by atoms with Gasteiger partial charge in [0.2, 0.25) is 0 Å². The van der Waals surface area contributed by atoms with Gasteiger partial charge in [0.1, 0.15) is 0 Å². The predicted octanol–water partition coefficient (Wildman–Crippen LogP) is 4.17. The number of carbonyl (C=O) groups is 1. The summed E-state index contributed by atoms with van der Waals surface area (Å²) in [5.41, 5.74) is -1.00. The van der Waals surface area contributed by atoms with Crippen LogP contribution < -0.4 is 0 Å². The molecule has 8 heteroatoms. The molecule has 2 atom stereocenters. The Bertz CT molecular complexity index is 958. The Hall–Kier alpha value is -2.35. The second-order valence-corrected chi connectivity index (χ2v) is 9.17. The summed E-state index contributed by atoms with van der Waals surface area (Å²) < 4.78 is 64.7. The van der Waals surface area contributed by atoms with E-state index >= 15 is 0 Å². The van der Waals surface area contributed by atoms with Crippen molar-refractivity contribution in [2.24, 2.45) is 0 Å². The zero-order valence-corrected chi connectivity index (χ0v) is 16.0. The zero-order chi connectivity index (χ0) is 20.5. The number of likely N-dealkylation sites (tertiary alicyclic amines) is 1. The number of rotatable bonds is 3. The lowest BCUT2D eigenvalue weighted by molar-refractivity contribution is -0.137. The van der Waals surface area contributed by atoms with Gasteiger partial charge >= 0.3 is 6.18 Å². The van der Waals surface area contributed by atoms with Crippen molar-refractivity contribution in [2.75, 3.05) is 6.54 Å². The molecule has 0 N–H and O–H groups in total. The Morgan fingerprint density at radius 3 is 2.36 bits per heavy atom. The summed E-state index contributed by atoms with van der Waals surface area (Å²) in [4.78, 5) is 14.4. The van der Waals surface area contributed by atoms with Gasteiger partial charge in [-0.15, -0.1) is 0 Å². The summed E-state index contributed by atoms with van der Waals surface area (Å²) >= 11 is 0. The van der Waals surface area contributed by atoms with Crippen molar-refractivity contribution in [3.8, 4) is 0 Å². The summed E-state index contributed by atoms with van der Waals surface area (Å²) in [5, 5.41) is -0.791. The van der Waals surface area contributed by atoms with Crippen molar-refractivity contribution in [3.05, 3.63) is 65.7 Å². The van der Waals surface area contributed by atoms with Crippen molar-refractivity contribution in [1.29, 1.82) is 0 Å². The standard InChI is InChI=1S/C20H20F3NO3S/c1-14-10-11-18(28(26,27)17-8-3-2-4-9-17)13-24(14)19(25)15-6-5-7-16(12-15)20(21,22)23/h2-9,12,14,18H,10-11,13H2,1H3. The van der Waals surface area contributed by atoms with Gasteiger partial charge < -0.3 is 4.90 Å². The van der Waals surface area contributed by atoms with E-state index in [4.69, 9.17) is 0 Å². The molecule has 4 nitrogen and oxygen atoms in total. The summed E-state index contributed by atoms with van der Waals surface area (Å²) in [6.45, 7) is 1.73. The first-order chi connectivity index (χ1) is 13.1. The molecule has 150 valence electrons. The van der Waals surface area contributed by atoms with E-state index in [2.05, 4.69) is 0 Å². The summed E-state index contributed by atoms with van der Waals surface area (Å²) in [7, 11) is -3.64. The highest BCUT2D eigenvalue weighted by molar-refractivity contribution is 7.92. The minimum Gasteiger partial charge on any atom is -0.335 e. The van der Waals surface area contributed by atoms with Gasteiger partial charge in [-0.05, 0) is 50.1 Å². The fraction of sp³-hybridized carbons (Fsp3) is 0.350. The molecule has 0 bridgehead atoms. The number of halogens is 3. The van der Waals surface area contributed by atoms with Gasteiger partial charge in [-0.1, -0.05) is 24.3 Å². The molecular weight excluding hydrogens is 391 g/mol. The Morgan fingerprint density at radius 1 is 1.04 bits per heavy atom. The number of benzene rings is 2. The Kier molecular flexibility index (Phi) is 5.52. The summed E-state index contributed by atoms with van der Waals surface area (Å²) in [6.07, 6.45) is -3.70. The van der Waals surface area contributed by atoms with Crippen LogP contribution in [0.1, 0.15) is 35.7 Å². The molecule has 1 aliphatic rings. The third kappa shape index (κ3) is 4.06. The minimum absolute atomic E-state index is 0.0481. The maximum Gasteiger partial charge on any atom is 0.416 e. The molecule has 0 saturated carbocycles. The Balaban J connectivity index is 1.87. The minimum atomic E-state index is -4.55. The molecule has 1 heterocycles. The molecule has 28 heavy (non-hydrogen) atoms. The average molecular weight is 411 g/mol. The van der Waals surface area contributed by atoms with Crippen LogP contribution >= 0.6 is 0 Å². The molecular formula is C20H20F3NO3S. The predicted molar refractivity (Wildman–Crippen MR) is 98.6 cm³/mol. The number of hydrogen-bond acceptors (Lipinski definition) is 3. The normalized spacial score (nSPS) is 20.8. The van der Waals surface area contributed by atoms with Crippen LogP contribution in [0.15, 0.2) is 59.5 Å². The third-order valence-electron chi connectivity index (χ3n) is 5.05. The maximum atomic E-state index is 13.0. The molecule has 1 fully saturated rings. The maximum absolute atomic E-state index is 13.0. The van der Waals surface area contributed by atoms with Crippen LogP contribution in [0.4, 0.5) is 13.2 Å². The van der Waals surface area contributed by atoms with Crippen LogP contribution in [-0.4, -0.2) is 37.1 Å². The fourth-order valence-electron chi connectivity index (χ4n) is 3.41. The van der Waals surface area contributed by atoms with Gasteiger partial charge in [0.05, 0.1) is 15.7 Å². The van der Waals surface area contributed by atoms with E-state index in [-0.39, 0.29) is 23.0 Å². The number of carbonyl (C=O) groups excluding carboxylic acids is 1. The van der Waals surface area contributed by atoms with Gasteiger partial charge in [-0.2, -0.15) is 13.2 Å². The van der Waals surface area contributed by atoms with Crippen LogP contribution in [0.25, 0.3) is 0 Å². The summed E-state index contributed by atoms with van der Waals surface area (Å²) in [5.74, 6) is -0.591. The quantitative estimate of drug-likeness (QED) is 0.762. The molecule has 0 aliphatic carbocycles. The lowest BCUT2D eigenvalue weighted by Crippen LogP contribution is -2.49. The van der Waals surface area contributed by atoms with Crippen LogP contribution in [0.3, 0.4) is 0 Å². The van der Waals surface area contributed by atoms with Crippen LogP contribution in [-0.2, 0) is 16.0 Å². The van der Waals surface area contributed by atoms with Gasteiger partial charge in [0.15, 0.2) is 9.84 Å². The highest BCUT2D eigenvalue weighted by Crippen LogP contribution is 2.31. The number of sulfone groups is 1. The van der Waals surface area contributed by atoms with Crippen molar-refractivity contribution < 1.29 is 26.4 Å². The second-order valence-electron chi connectivity index (χ2n) is 6.94. The lowest BCUT2D eigenvalue weighted by Gasteiger charge is -2.37. The van der Waals surface area contributed by atoms with Crippen molar-refractivity contribution in [2.45, 2.75) is 42.1 Å². The third-order valence-corrected chi connectivity index (χ3v) is 7.24. The number of hydrogen-bond donors (Lipinski definition) is 0. The van der Waals surface area contributed by atoms with E-state index in [0.29, 0.717) is 12.8 Å². The van der Waals surface area contributed by atoms with E-state index in [1.807, 2.05) is 0 Å². The lowest BCUT2D eigenvalue weighted by atomic mass is 10.0. The monoisotopic (exact) mass is 411 g/mol. The Labute approximate surface area is 161 Å². The van der Waals surface area contributed by atoms with Crippen LogP contribution in [0, 0.1) is 0 Å². The first-order valence-electron chi connectivity index (χ1n) is 8.88. The van der Waals surface area contributed by atoms with Crippen molar-refractivity contribution in [3.63, 3.8) is 0 Å². The number of alkyl halides is 3. The zero-order valence-electron chi connectivity index (χ0n) is 15.2. The van der Waals surface area contributed by atoms with Crippen molar-refractivity contribution >= 4 is 15.7 Å². The van der Waals surface area contributed by atoms with E-state index in [1.54, 1.807) is 25.1 Å².